The van der Waals surface area contributed by atoms with Gasteiger partial charge < -0.3 is 10.4 Å². The number of rotatable bonds is 4. The molecule has 1 aliphatic rings. The number of nitrogens with one attached hydrogen (secondary N) is 1. The molecule has 2 aromatic carbocycles. The maximum absolute atomic E-state index is 10.2. The van der Waals surface area contributed by atoms with Crippen molar-refractivity contribution in [3.05, 3.63) is 64.5 Å². The van der Waals surface area contributed by atoms with Crippen LogP contribution in [0.15, 0.2) is 53.5 Å². The maximum atomic E-state index is 10.2. The number of anilines is 2. The van der Waals surface area contributed by atoms with Crippen LogP contribution in [-0.2, 0) is 6.42 Å². The number of thiazole rings is 1. The van der Waals surface area contributed by atoms with E-state index in [0.717, 1.165) is 28.9 Å². The topological polar surface area (TPSA) is 57.5 Å². The van der Waals surface area contributed by atoms with Crippen LogP contribution in [0, 0.1) is 0 Å². The summed E-state index contributed by atoms with van der Waals surface area (Å²) in [5.41, 5.74) is 5.25. The van der Waals surface area contributed by atoms with Crippen molar-refractivity contribution in [3.8, 4) is 5.88 Å². The Morgan fingerprint density at radius 2 is 1.92 bits per heavy atom. The van der Waals surface area contributed by atoms with Crippen molar-refractivity contribution in [2.75, 3.05) is 5.32 Å². The van der Waals surface area contributed by atoms with Crippen LogP contribution in [0.5, 0.6) is 5.88 Å². The van der Waals surface area contributed by atoms with Gasteiger partial charge in [0.05, 0.1) is 10.6 Å². The molecule has 0 unspecified atom stereocenters. The van der Waals surface area contributed by atoms with Gasteiger partial charge in [-0.3, -0.25) is 4.99 Å². The van der Waals surface area contributed by atoms with Gasteiger partial charge in [0.2, 0.25) is 5.88 Å². The Hall–Kier alpha value is -2.92. The second-order valence-corrected chi connectivity index (χ2v) is 6.79. The van der Waals surface area contributed by atoms with Crippen LogP contribution in [0.25, 0.3) is 11.6 Å². The van der Waals surface area contributed by atoms with Gasteiger partial charge in [0.15, 0.2) is 5.13 Å². The van der Waals surface area contributed by atoms with Crippen molar-refractivity contribution in [3.63, 3.8) is 0 Å². The van der Waals surface area contributed by atoms with Gasteiger partial charge in [0.1, 0.15) is 0 Å². The fourth-order valence-electron chi connectivity index (χ4n) is 2.71. The molecular formula is C20H17N3OS. The summed E-state index contributed by atoms with van der Waals surface area (Å²) < 4.78 is 0. The number of para-hydroxylation sites is 1. The highest BCUT2D eigenvalue weighted by Gasteiger charge is 2.14. The molecule has 124 valence electrons. The van der Waals surface area contributed by atoms with Crippen molar-refractivity contribution in [1.29, 1.82) is 0 Å². The third kappa shape index (κ3) is 3.19. The number of hydrogen-bond donors (Lipinski definition) is 2. The third-order valence-corrected chi connectivity index (χ3v) is 5.00. The number of nitrogens with zero attached hydrogens (tertiary/aromatic N) is 2. The molecule has 0 saturated carbocycles. The molecule has 0 saturated heterocycles. The minimum atomic E-state index is 0.0305. The van der Waals surface area contributed by atoms with E-state index in [2.05, 4.69) is 34.3 Å². The lowest BCUT2D eigenvalue weighted by atomic mass is 10.1. The van der Waals surface area contributed by atoms with Gasteiger partial charge >= 0.3 is 0 Å². The molecule has 2 N–H and O–H groups in total. The van der Waals surface area contributed by atoms with Gasteiger partial charge in [0, 0.05) is 23.0 Å². The van der Waals surface area contributed by atoms with Crippen molar-refractivity contribution in [1.82, 2.24) is 4.98 Å². The number of fused-ring (bicyclic) bond motifs is 1. The monoisotopic (exact) mass is 347 g/mol. The first-order valence-corrected chi connectivity index (χ1v) is 8.95. The molecule has 4 rings (SSSR count). The first kappa shape index (κ1) is 15.6. The molecular weight excluding hydrogens is 330 g/mol. The number of hydrogen-bond acceptors (Lipinski definition) is 5. The minimum Gasteiger partial charge on any atom is -0.492 e. The summed E-state index contributed by atoms with van der Waals surface area (Å²) in [6.07, 6.45) is 4.76. The molecule has 0 fully saturated rings. The quantitative estimate of drug-likeness (QED) is 0.663. The summed E-state index contributed by atoms with van der Waals surface area (Å²) >= 11 is 1.42. The van der Waals surface area contributed by atoms with Gasteiger partial charge in [-0.15, -0.1) is 0 Å². The van der Waals surface area contributed by atoms with Gasteiger partial charge in [0.25, 0.3) is 0 Å². The molecule has 0 aliphatic carbocycles. The van der Waals surface area contributed by atoms with Crippen molar-refractivity contribution in [2.24, 2.45) is 4.99 Å². The summed E-state index contributed by atoms with van der Waals surface area (Å²) in [7, 11) is 0. The molecule has 25 heavy (non-hydrogen) atoms. The predicted octanol–water partition coefficient (Wildman–Crippen LogP) is 5.41. The Kier molecular flexibility index (Phi) is 4.07. The van der Waals surface area contributed by atoms with Gasteiger partial charge in [-0.05, 0) is 36.3 Å². The van der Waals surface area contributed by atoms with E-state index >= 15 is 0 Å². The van der Waals surface area contributed by atoms with Gasteiger partial charge in [-0.25, -0.2) is 0 Å². The largest absolute Gasteiger partial charge is 0.492 e. The highest BCUT2D eigenvalue weighted by Crippen LogP contribution is 2.37. The molecule has 0 spiro atoms. The zero-order valence-electron chi connectivity index (χ0n) is 13.7. The van der Waals surface area contributed by atoms with Crippen molar-refractivity contribution >= 4 is 45.7 Å². The van der Waals surface area contributed by atoms with E-state index in [0.29, 0.717) is 10.0 Å². The van der Waals surface area contributed by atoms with Crippen molar-refractivity contribution in [2.45, 2.75) is 13.3 Å². The van der Waals surface area contributed by atoms with E-state index in [-0.39, 0.29) is 5.88 Å². The molecule has 0 atom stereocenters. The number of allylic oxidation sites excluding steroid dienone is 1. The average Bonchev–Trinajstić information content (AvgIpc) is 3.20. The third-order valence-electron chi connectivity index (χ3n) is 4.09. The number of benzene rings is 2. The molecule has 0 amide bonds. The highest BCUT2D eigenvalue weighted by molar-refractivity contribution is 7.16. The smallest absolute Gasteiger partial charge is 0.231 e. The first-order valence-electron chi connectivity index (χ1n) is 8.14. The minimum absolute atomic E-state index is 0.0305. The summed E-state index contributed by atoms with van der Waals surface area (Å²) in [5, 5.41) is 14.1. The Morgan fingerprint density at radius 3 is 2.72 bits per heavy atom. The molecule has 0 bridgehead atoms. The maximum Gasteiger partial charge on any atom is 0.231 e. The van der Waals surface area contributed by atoms with E-state index in [1.807, 2.05) is 48.7 Å². The highest BCUT2D eigenvalue weighted by atomic mass is 32.1. The van der Waals surface area contributed by atoms with Crippen LogP contribution in [0.3, 0.4) is 0 Å². The van der Waals surface area contributed by atoms with Crippen LogP contribution in [0.4, 0.5) is 16.5 Å². The number of aromatic hydroxyl groups is 1. The van der Waals surface area contributed by atoms with Crippen LogP contribution in [-0.4, -0.2) is 16.3 Å². The standard InChI is InChI=1S/C20H17N3OS/c1-2-13-7-9-15(10-8-13)22-20-23-19(24)18(25-20)11-14-12-21-17-6-4-3-5-16(14)17/h3-12,24H,2H2,1H3,(H,22,23)/b14-11+. The molecule has 1 aliphatic heterocycles. The average molecular weight is 347 g/mol. The Bertz CT molecular complexity index is 971. The predicted molar refractivity (Wildman–Crippen MR) is 105 cm³/mol. The lowest BCUT2D eigenvalue weighted by Crippen LogP contribution is -1.89. The number of aryl methyl sites for hydroxylation is 1. The van der Waals surface area contributed by atoms with E-state index in [9.17, 15) is 5.11 Å². The summed E-state index contributed by atoms with van der Waals surface area (Å²) in [5.74, 6) is 0.0305. The molecule has 1 aromatic heterocycles. The van der Waals surface area contributed by atoms with E-state index in [1.165, 1.54) is 16.9 Å². The van der Waals surface area contributed by atoms with E-state index in [1.54, 1.807) is 0 Å². The van der Waals surface area contributed by atoms with Gasteiger partial charge in [-0.2, -0.15) is 4.98 Å². The number of aromatic nitrogens is 1. The fraction of sp³-hybridized carbons (Fsp3) is 0.100. The molecule has 5 heteroatoms. The van der Waals surface area contributed by atoms with Crippen molar-refractivity contribution < 1.29 is 5.11 Å². The molecule has 3 aromatic rings. The molecule has 4 nitrogen and oxygen atoms in total. The Labute approximate surface area is 150 Å². The SMILES string of the molecule is CCc1ccc(Nc2nc(O)c(/C=C3\C=Nc4ccccc43)s2)cc1. The lowest BCUT2D eigenvalue weighted by Gasteiger charge is -2.03. The summed E-state index contributed by atoms with van der Waals surface area (Å²) in [6, 6.07) is 16.2. The normalized spacial score (nSPS) is 14.0. The molecule has 2 heterocycles. The first-order chi connectivity index (χ1) is 12.2. The van der Waals surface area contributed by atoms with Crippen LogP contribution >= 0.6 is 11.3 Å². The Morgan fingerprint density at radius 1 is 1.12 bits per heavy atom. The van der Waals surface area contributed by atoms with Gasteiger partial charge in [-0.1, -0.05) is 48.6 Å². The summed E-state index contributed by atoms with van der Waals surface area (Å²) in [4.78, 5) is 9.33. The Balaban J connectivity index is 1.59. The summed E-state index contributed by atoms with van der Waals surface area (Å²) in [6.45, 7) is 2.13. The zero-order valence-corrected chi connectivity index (χ0v) is 14.5. The fourth-order valence-corrected chi connectivity index (χ4v) is 3.55. The van der Waals surface area contributed by atoms with Crippen LogP contribution in [0.2, 0.25) is 0 Å². The molecule has 0 radical (unpaired) electrons. The second kappa shape index (κ2) is 6.53. The van der Waals surface area contributed by atoms with Crippen LogP contribution in [0.1, 0.15) is 22.9 Å². The van der Waals surface area contributed by atoms with E-state index in [4.69, 9.17) is 0 Å². The number of aliphatic imine (C=N–C) groups is 1. The zero-order chi connectivity index (χ0) is 17.2. The second-order valence-electron chi connectivity index (χ2n) is 5.76. The van der Waals surface area contributed by atoms with E-state index < -0.39 is 0 Å². The van der Waals surface area contributed by atoms with Crippen LogP contribution < -0.4 is 5.32 Å². The lowest BCUT2D eigenvalue weighted by molar-refractivity contribution is 0.457.